The first kappa shape index (κ1) is 71.3. The van der Waals surface area contributed by atoms with Gasteiger partial charge in [-0.05, 0) is 89.9 Å². The zero-order valence-corrected chi connectivity index (χ0v) is 49.3. The lowest BCUT2D eigenvalue weighted by molar-refractivity contribution is -0.167. The van der Waals surface area contributed by atoms with E-state index in [1.807, 2.05) is 0 Å². The van der Waals surface area contributed by atoms with Crippen LogP contribution in [0.25, 0.3) is 0 Å². The number of ether oxygens (including phenoxy) is 3. The van der Waals surface area contributed by atoms with Crippen molar-refractivity contribution in [2.75, 3.05) is 13.2 Å². The summed E-state index contributed by atoms with van der Waals surface area (Å²) in [5.74, 6) is -0.965. The lowest BCUT2D eigenvalue weighted by atomic mass is 10.0. The molecular formula is C69H118O6. The van der Waals surface area contributed by atoms with Gasteiger partial charge in [-0.3, -0.25) is 14.4 Å². The molecule has 6 nitrogen and oxygen atoms in total. The van der Waals surface area contributed by atoms with Crippen LogP contribution >= 0.6 is 0 Å². The van der Waals surface area contributed by atoms with E-state index in [1.165, 1.54) is 148 Å². The summed E-state index contributed by atoms with van der Waals surface area (Å²) in [6.45, 7) is 6.44. The number of carbonyl (C=O) groups is 3. The molecular weight excluding hydrogens is 925 g/mol. The number of carbonyl (C=O) groups excluding carboxylic acids is 3. The van der Waals surface area contributed by atoms with Crippen molar-refractivity contribution in [1.29, 1.82) is 0 Å². The second kappa shape index (κ2) is 62.9. The van der Waals surface area contributed by atoms with Gasteiger partial charge < -0.3 is 14.2 Å². The first-order valence-electron chi connectivity index (χ1n) is 31.7. The highest BCUT2D eigenvalue weighted by Gasteiger charge is 2.19. The molecule has 0 amide bonds. The van der Waals surface area contributed by atoms with E-state index in [-0.39, 0.29) is 37.5 Å². The Balaban J connectivity index is 4.33. The minimum atomic E-state index is -0.811. The topological polar surface area (TPSA) is 78.9 Å². The Morgan fingerprint density at radius 1 is 0.280 bits per heavy atom. The van der Waals surface area contributed by atoms with Crippen molar-refractivity contribution in [3.63, 3.8) is 0 Å². The molecule has 0 heterocycles. The van der Waals surface area contributed by atoms with E-state index >= 15 is 0 Å². The maximum absolute atomic E-state index is 12.9. The summed E-state index contributed by atoms with van der Waals surface area (Å²) in [5.41, 5.74) is 0. The average Bonchev–Trinajstić information content (AvgIpc) is 3.41. The Bertz CT molecular complexity index is 1480. The highest BCUT2D eigenvalue weighted by Crippen LogP contribution is 2.17. The zero-order valence-electron chi connectivity index (χ0n) is 49.3. The van der Waals surface area contributed by atoms with Crippen LogP contribution in [0.3, 0.4) is 0 Å². The molecule has 0 aliphatic rings. The highest BCUT2D eigenvalue weighted by atomic mass is 16.6. The van der Waals surface area contributed by atoms with Crippen LogP contribution in [0, 0.1) is 0 Å². The summed E-state index contributed by atoms with van der Waals surface area (Å²) >= 11 is 0. The van der Waals surface area contributed by atoms with Gasteiger partial charge in [-0.15, -0.1) is 0 Å². The van der Waals surface area contributed by atoms with Gasteiger partial charge in [0.1, 0.15) is 13.2 Å². The molecule has 430 valence electrons. The molecule has 0 fully saturated rings. The van der Waals surface area contributed by atoms with Gasteiger partial charge in [0.05, 0.1) is 0 Å². The highest BCUT2D eigenvalue weighted by molar-refractivity contribution is 5.71. The van der Waals surface area contributed by atoms with Crippen molar-refractivity contribution in [1.82, 2.24) is 0 Å². The van der Waals surface area contributed by atoms with Crippen molar-refractivity contribution in [2.24, 2.45) is 0 Å². The van der Waals surface area contributed by atoms with E-state index in [0.717, 1.165) is 109 Å². The SMILES string of the molecule is CC/C=C\C/C=C\C/C=C\C/C=C\C/C=C\C/C=C\C/C=C\CCCC(=O)OC(COC(=O)CCCCCCC/C=C\CCC)COC(=O)CCCCCCCCCCCCCCCCCCCCCCCCCC. The predicted molar refractivity (Wildman–Crippen MR) is 325 cm³/mol. The van der Waals surface area contributed by atoms with Crippen LogP contribution in [-0.2, 0) is 28.6 Å². The Morgan fingerprint density at radius 2 is 0.560 bits per heavy atom. The molecule has 0 aromatic carbocycles. The molecule has 0 aliphatic heterocycles. The fourth-order valence-electron chi connectivity index (χ4n) is 8.85. The third-order valence-corrected chi connectivity index (χ3v) is 13.6. The molecule has 0 N–H and O–H groups in total. The van der Waals surface area contributed by atoms with Crippen LogP contribution in [-0.4, -0.2) is 37.2 Å². The maximum atomic E-state index is 12.9. The Hall–Kier alpha value is -3.67. The van der Waals surface area contributed by atoms with Crippen LogP contribution in [0.4, 0.5) is 0 Å². The molecule has 1 atom stereocenters. The lowest BCUT2D eigenvalue weighted by Gasteiger charge is -2.18. The quantitative estimate of drug-likeness (QED) is 0.0261. The van der Waals surface area contributed by atoms with Gasteiger partial charge >= 0.3 is 17.9 Å². The van der Waals surface area contributed by atoms with Crippen LogP contribution in [0.2, 0.25) is 0 Å². The lowest BCUT2D eigenvalue weighted by Crippen LogP contribution is -2.30. The van der Waals surface area contributed by atoms with E-state index in [9.17, 15) is 14.4 Å². The van der Waals surface area contributed by atoms with Gasteiger partial charge in [0.2, 0.25) is 0 Å². The molecule has 6 heteroatoms. The summed E-state index contributed by atoms with van der Waals surface area (Å²) in [7, 11) is 0. The Morgan fingerprint density at radius 3 is 0.920 bits per heavy atom. The first-order chi connectivity index (χ1) is 37.0. The summed E-state index contributed by atoms with van der Waals surface area (Å²) in [6, 6.07) is 0. The fourth-order valence-corrected chi connectivity index (χ4v) is 8.85. The third kappa shape index (κ3) is 61.1. The molecule has 0 aromatic heterocycles. The van der Waals surface area contributed by atoms with Crippen molar-refractivity contribution in [3.8, 4) is 0 Å². The molecule has 0 saturated carbocycles. The molecule has 0 radical (unpaired) electrons. The normalized spacial score (nSPS) is 12.7. The van der Waals surface area contributed by atoms with Crippen molar-refractivity contribution in [2.45, 2.75) is 309 Å². The number of esters is 3. The second-order valence-electron chi connectivity index (χ2n) is 20.9. The Kier molecular flexibility index (Phi) is 59.8. The van der Waals surface area contributed by atoms with Gasteiger partial charge in [-0.1, -0.05) is 291 Å². The van der Waals surface area contributed by atoms with Gasteiger partial charge in [-0.25, -0.2) is 0 Å². The number of allylic oxidation sites excluding steroid dienone is 16. The smallest absolute Gasteiger partial charge is 0.306 e. The molecule has 75 heavy (non-hydrogen) atoms. The van der Waals surface area contributed by atoms with Gasteiger partial charge in [-0.2, -0.15) is 0 Å². The van der Waals surface area contributed by atoms with Crippen molar-refractivity contribution >= 4 is 17.9 Å². The predicted octanol–water partition coefficient (Wildman–Crippen LogP) is 21.7. The van der Waals surface area contributed by atoms with E-state index in [4.69, 9.17) is 14.2 Å². The van der Waals surface area contributed by atoms with E-state index < -0.39 is 6.10 Å². The molecule has 0 bridgehead atoms. The van der Waals surface area contributed by atoms with E-state index in [0.29, 0.717) is 19.3 Å². The van der Waals surface area contributed by atoms with Gasteiger partial charge in [0, 0.05) is 19.3 Å². The summed E-state index contributed by atoms with van der Waals surface area (Å²) in [5, 5.41) is 0. The molecule has 0 spiro atoms. The van der Waals surface area contributed by atoms with Crippen molar-refractivity contribution in [3.05, 3.63) is 97.2 Å². The first-order valence-corrected chi connectivity index (χ1v) is 31.7. The third-order valence-electron chi connectivity index (χ3n) is 13.6. The largest absolute Gasteiger partial charge is 0.462 e. The summed E-state index contributed by atoms with van der Waals surface area (Å²) in [4.78, 5) is 38.2. The standard InChI is InChI=1S/C69H118O6/c1-4-7-10-13-16-19-22-24-26-28-30-32-34-36-37-39-41-43-45-47-50-53-56-59-62-68(71)74-65-66(64-73-67(70)61-58-55-52-49-21-18-15-12-9-6-3)75-69(72)63-60-57-54-51-48-46-44-42-40-38-35-33-31-29-27-25-23-20-17-14-11-8-5-2/h8,11-12,15,17,20,25,27,31,33,38,40,44,46,51,54,66H,4-7,9-10,13-14,16,18-19,21-24,26,28-30,32,34-37,39,41-43,45,47-50,52-53,55-65H2,1-3H3/b11-8-,15-12-,20-17-,27-25-,33-31-,40-38-,46-44-,54-51-. The number of rotatable bonds is 57. The molecule has 0 saturated heterocycles. The number of unbranched alkanes of at least 4 members (excludes halogenated alkanes) is 30. The number of hydrogen-bond donors (Lipinski definition) is 0. The minimum Gasteiger partial charge on any atom is -0.462 e. The summed E-state index contributed by atoms with van der Waals surface area (Å²) in [6.07, 6.45) is 84.4. The van der Waals surface area contributed by atoms with Crippen LogP contribution in [0.5, 0.6) is 0 Å². The maximum Gasteiger partial charge on any atom is 0.306 e. The van der Waals surface area contributed by atoms with Crippen LogP contribution in [0.1, 0.15) is 303 Å². The van der Waals surface area contributed by atoms with Crippen molar-refractivity contribution < 1.29 is 28.6 Å². The van der Waals surface area contributed by atoms with Crippen LogP contribution in [0.15, 0.2) is 97.2 Å². The Labute approximate surface area is 464 Å². The molecule has 0 aromatic rings. The summed E-state index contributed by atoms with van der Waals surface area (Å²) < 4.78 is 16.8. The van der Waals surface area contributed by atoms with Gasteiger partial charge in [0.25, 0.3) is 0 Å². The van der Waals surface area contributed by atoms with Gasteiger partial charge in [0.15, 0.2) is 6.10 Å². The molecule has 0 rings (SSSR count). The second-order valence-corrected chi connectivity index (χ2v) is 20.9. The van der Waals surface area contributed by atoms with E-state index in [2.05, 4.69) is 118 Å². The zero-order chi connectivity index (χ0) is 54.3. The molecule has 1 unspecified atom stereocenters. The number of hydrogen-bond acceptors (Lipinski definition) is 6. The minimum absolute atomic E-state index is 0.101. The average molecular weight is 1040 g/mol. The molecule has 0 aliphatic carbocycles. The fraction of sp³-hybridized carbons (Fsp3) is 0.725. The van der Waals surface area contributed by atoms with E-state index in [1.54, 1.807) is 0 Å². The monoisotopic (exact) mass is 1040 g/mol. The van der Waals surface area contributed by atoms with Crippen LogP contribution < -0.4 is 0 Å².